The highest BCUT2D eigenvalue weighted by atomic mass is 16.5. The molecule has 1 rings (SSSR count). The zero-order valence-corrected chi connectivity index (χ0v) is 9.32. The molecule has 4 heteroatoms. The maximum atomic E-state index is 11.0. The van der Waals surface area contributed by atoms with Crippen molar-refractivity contribution in [3.05, 3.63) is 0 Å². The summed E-state index contributed by atoms with van der Waals surface area (Å²) >= 11 is 0. The molecule has 1 atom stereocenters. The van der Waals surface area contributed by atoms with Gasteiger partial charge in [0, 0.05) is 33.6 Å². The third-order valence-electron chi connectivity index (χ3n) is 2.69. The van der Waals surface area contributed by atoms with E-state index < -0.39 is 0 Å². The average molecular weight is 200 g/mol. The Morgan fingerprint density at radius 2 is 2.36 bits per heavy atom. The summed E-state index contributed by atoms with van der Waals surface area (Å²) in [5.41, 5.74) is 0. The number of rotatable bonds is 3. The van der Waals surface area contributed by atoms with Gasteiger partial charge in [-0.3, -0.25) is 9.69 Å². The summed E-state index contributed by atoms with van der Waals surface area (Å²) in [5, 5.41) is 0. The van der Waals surface area contributed by atoms with E-state index >= 15 is 0 Å². The monoisotopic (exact) mass is 200 g/mol. The highest BCUT2D eigenvalue weighted by molar-refractivity contribution is 5.72. The Balaban J connectivity index is 2.33. The number of carbonyl (C=O) groups is 1. The van der Waals surface area contributed by atoms with E-state index in [9.17, 15) is 4.79 Å². The van der Waals surface area contributed by atoms with E-state index in [0.717, 1.165) is 26.2 Å². The van der Waals surface area contributed by atoms with Crippen LogP contribution in [0.1, 0.15) is 13.8 Å². The van der Waals surface area contributed by atoms with Gasteiger partial charge in [0.15, 0.2) is 0 Å². The zero-order chi connectivity index (χ0) is 10.6. The van der Waals surface area contributed by atoms with Gasteiger partial charge < -0.3 is 9.64 Å². The van der Waals surface area contributed by atoms with Crippen LogP contribution in [0.25, 0.3) is 0 Å². The Labute approximate surface area is 85.8 Å². The molecule has 0 aliphatic carbocycles. The first-order valence-electron chi connectivity index (χ1n) is 5.19. The number of carbonyl (C=O) groups excluding carboxylic acids is 1. The van der Waals surface area contributed by atoms with E-state index in [-0.39, 0.29) is 12.0 Å². The number of morpholine rings is 1. The van der Waals surface area contributed by atoms with Crippen LogP contribution in [0, 0.1) is 0 Å². The molecule has 0 radical (unpaired) electrons. The molecule has 0 N–H and O–H groups in total. The first kappa shape index (κ1) is 11.5. The Kier molecular flexibility index (Phi) is 4.35. The molecule has 1 heterocycles. The average Bonchev–Trinajstić information content (AvgIpc) is 2.18. The molecule has 1 aliphatic heterocycles. The van der Waals surface area contributed by atoms with E-state index in [4.69, 9.17) is 4.74 Å². The van der Waals surface area contributed by atoms with Gasteiger partial charge in [-0.05, 0) is 6.54 Å². The lowest BCUT2D eigenvalue weighted by atomic mass is 10.2. The first-order chi connectivity index (χ1) is 6.63. The molecule has 0 unspecified atom stereocenters. The summed E-state index contributed by atoms with van der Waals surface area (Å²) in [6, 6.07) is 0. The molecule has 0 aromatic carbocycles. The van der Waals surface area contributed by atoms with Crippen LogP contribution in [0.3, 0.4) is 0 Å². The lowest BCUT2D eigenvalue weighted by molar-refractivity contribution is -0.130. The van der Waals surface area contributed by atoms with E-state index in [1.165, 1.54) is 0 Å². The molecule has 1 fully saturated rings. The fraction of sp³-hybridized carbons (Fsp3) is 0.900. The van der Waals surface area contributed by atoms with Gasteiger partial charge in [-0.2, -0.15) is 0 Å². The number of likely N-dealkylation sites (N-methyl/N-ethyl adjacent to an activating group) is 2. The van der Waals surface area contributed by atoms with E-state index in [2.05, 4.69) is 11.8 Å². The maximum Gasteiger partial charge on any atom is 0.219 e. The molecule has 0 bridgehead atoms. The summed E-state index contributed by atoms with van der Waals surface area (Å²) in [4.78, 5) is 15.1. The van der Waals surface area contributed by atoms with Crippen molar-refractivity contribution in [2.24, 2.45) is 0 Å². The van der Waals surface area contributed by atoms with Crippen LogP contribution in [0.2, 0.25) is 0 Å². The van der Waals surface area contributed by atoms with E-state index in [0.29, 0.717) is 6.54 Å². The van der Waals surface area contributed by atoms with Crippen LogP contribution in [0.15, 0.2) is 0 Å². The van der Waals surface area contributed by atoms with Crippen LogP contribution < -0.4 is 0 Å². The largest absolute Gasteiger partial charge is 0.374 e. The number of nitrogens with zero attached hydrogens (tertiary/aromatic N) is 2. The van der Waals surface area contributed by atoms with Gasteiger partial charge >= 0.3 is 0 Å². The van der Waals surface area contributed by atoms with Crippen LogP contribution >= 0.6 is 0 Å². The van der Waals surface area contributed by atoms with Crippen molar-refractivity contribution in [1.29, 1.82) is 0 Å². The normalized spacial score (nSPS) is 23.5. The summed E-state index contributed by atoms with van der Waals surface area (Å²) in [6.07, 6.45) is 0.178. The molecule has 0 spiro atoms. The van der Waals surface area contributed by atoms with Gasteiger partial charge in [0.25, 0.3) is 0 Å². The molecule has 0 saturated carbocycles. The van der Waals surface area contributed by atoms with Gasteiger partial charge in [-0.15, -0.1) is 0 Å². The standard InChI is InChI=1S/C10H20N2O2/c1-4-12-5-6-14-10(8-12)7-11(3)9(2)13/h10H,4-8H2,1-3H3/t10-/m0/s1. The summed E-state index contributed by atoms with van der Waals surface area (Å²) in [5.74, 6) is 0.0993. The smallest absolute Gasteiger partial charge is 0.219 e. The minimum absolute atomic E-state index is 0.0993. The number of amides is 1. The van der Waals surface area contributed by atoms with Gasteiger partial charge in [-0.1, -0.05) is 6.92 Å². The predicted octanol–water partition coefficient (Wildman–Crippen LogP) is 0.185. The van der Waals surface area contributed by atoms with Crippen LogP contribution in [-0.4, -0.2) is 61.6 Å². The van der Waals surface area contributed by atoms with Crippen molar-refractivity contribution in [2.45, 2.75) is 20.0 Å². The second-order valence-corrected chi connectivity index (χ2v) is 3.79. The van der Waals surface area contributed by atoms with Crippen molar-refractivity contribution in [1.82, 2.24) is 9.80 Å². The van der Waals surface area contributed by atoms with Crippen LogP contribution in [0.5, 0.6) is 0 Å². The van der Waals surface area contributed by atoms with E-state index in [1.54, 1.807) is 11.8 Å². The third-order valence-corrected chi connectivity index (χ3v) is 2.69. The molecule has 1 saturated heterocycles. The first-order valence-corrected chi connectivity index (χ1v) is 5.19. The van der Waals surface area contributed by atoms with Crippen molar-refractivity contribution in [2.75, 3.05) is 39.8 Å². The highest BCUT2D eigenvalue weighted by Crippen LogP contribution is 2.05. The summed E-state index contributed by atoms with van der Waals surface area (Å²) < 4.78 is 5.60. The van der Waals surface area contributed by atoms with Gasteiger partial charge in [0.05, 0.1) is 12.7 Å². The number of hydrogen-bond donors (Lipinski definition) is 0. The summed E-state index contributed by atoms with van der Waals surface area (Å²) in [6.45, 7) is 8.22. The lowest BCUT2D eigenvalue weighted by Gasteiger charge is -2.33. The van der Waals surface area contributed by atoms with E-state index in [1.807, 2.05) is 7.05 Å². The van der Waals surface area contributed by atoms with Gasteiger partial charge in [-0.25, -0.2) is 0 Å². The molecular weight excluding hydrogens is 180 g/mol. The Morgan fingerprint density at radius 3 is 2.93 bits per heavy atom. The number of ether oxygens (including phenoxy) is 1. The molecule has 14 heavy (non-hydrogen) atoms. The molecule has 0 aromatic rings. The second-order valence-electron chi connectivity index (χ2n) is 3.79. The predicted molar refractivity (Wildman–Crippen MR) is 55.2 cm³/mol. The number of hydrogen-bond acceptors (Lipinski definition) is 3. The topological polar surface area (TPSA) is 32.8 Å². The van der Waals surface area contributed by atoms with Gasteiger partial charge in [0.2, 0.25) is 5.91 Å². The molecule has 82 valence electrons. The lowest BCUT2D eigenvalue weighted by Crippen LogP contribution is -2.47. The van der Waals surface area contributed by atoms with Crippen molar-refractivity contribution in [3.63, 3.8) is 0 Å². The van der Waals surface area contributed by atoms with Crippen molar-refractivity contribution >= 4 is 5.91 Å². The molecule has 0 aromatic heterocycles. The fourth-order valence-electron chi connectivity index (χ4n) is 1.61. The molecular formula is C10H20N2O2. The molecule has 4 nitrogen and oxygen atoms in total. The highest BCUT2D eigenvalue weighted by Gasteiger charge is 2.21. The molecule has 1 amide bonds. The summed E-state index contributed by atoms with van der Waals surface area (Å²) in [7, 11) is 1.82. The second kappa shape index (κ2) is 5.32. The molecule has 1 aliphatic rings. The van der Waals surface area contributed by atoms with Crippen LogP contribution in [0.4, 0.5) is 0 Å². The Hall–Kier alpha value is -0.610. The quantitative estimate of drug-likeness (QED) is 0.652. The van der Waals surface area contributed by atoms with Gasteiger partial charge in [0.1, 0.15) is 0 Å². The zero-order valence-electron chi connectivity index (χ0n) is 9.32. The Morgan fingerprint density at radius 1 is 1.64 bits per heavy atom. The minimum atomic E-state index is 0.0993. The Bertz CT molecular complexity index is 197. The SMILES string of the molecule is CCN1CCO[C@@H](CN(C)C(C)=O)C1. The fourth-order valence-corrected chi connectivity index (χ4v) is 1.61. The minimum Gasteiger partial charge on any atom is -0.374 e. The third kappa shape index (κ3) is 3.27. The maximum absolute atomic E-state index is 11.0. The van der Waals surface area contributed by atoms with Crippen molar-refractivity contribution in [3.8, 4) is 0 Å². The van der Waals surface area contributed by atoms with Crippen molar-refractivity contribution < 1.29 is 9.53 Å². The van der Waals surface area contributed by atoms with Crippen LogP contribution in [-0.2, 0) is 9.53 Å².